The molecule has 148 valence electrons. The average molecular weight is 384 g/mol. The summed E-state index contributed by atoms with van der Waals surface area (Å²) in [5, 5.41) is 0. The average Bonchev–Trinajstić information content (AvgIpc) is 2.67. The molecule has 1 saturated heterocycles. The molecular weight excluding hydrogens is 360 g/mol. The van der Waals surface area contributed by atoms with E-state index >= 15 is 0 Å². The Hall–Kier alpha value is -2.70. The van der Waals surface area contributed by atoms with Gasteiger partial charge in [-0.2, -0.15) is 0 Å². The van der Waals surface area contributed by atoms with Crippen molar-refractivity contribution in [3.05, 3.63) is 70.8 Å². The van der Waals surface area contributed by atoms with Gasteiger partial charge in [-0.05, 0) is 25.0 Å². The molecule has 1 heterocycles. The highest BCUT2D eigenvalue weighted by Crippen LogP contribution is 2.16. The van der Waals surface area contributed by atoms with E-state index in [0.29, 0.717) is 0 Å². The van der Waals surface area contributed by atoms with Gasteiger partial charge in [0.15, 0.2) is 0 Å². The first-order valence-electron chi connectivity index (χ1n) is 9.23. The van der Waals surface area contributed by atoms with Crippen LogP contribution in [0.4, 0.5) is 0 Å². The Morgan fingerprint density at radius 3 is 1.46 bits per heavy atom. The number of benzene rings is 2. The van der Waals surface area contributed by atoms with E-state index in [9.17, 15) is 9.59 Å². The van der Waals surface area contributed by atoms with Crippen LogP contribution in [-0.2, 0) is 41.4 Å². The van der Waals surface area contributed by atoms with Crippen molar-refractivity contribution in [2.24, 2.45) is 0 Å². The Labute approximate surface area is 164 Å². The van der Waals surface area contributed by atoms with E-state index in [1.807, 2.05) is 62.4 Å². The minimum Gasteiger partial charge on any atom is -0.428 e. The van der Waals surface area contributed by atoms with Crippen LogP contribution in [0.5, 0.6) is 0 Å². The van der Waals surface area contributed by atoms with E-state index in [4.69, 9.17) is 18.9 Å². The minimum absolute atomic E-state index is 0.101. The molecule has 1 fully saturated rings. The standard InChI is InChI=1S/C22H24O6/c1-15-3-7-17(8-4-15)13-19(23)27-21-22(26-12-11-25-21)28-20(24)14-18-9-5-16(2)6-10-18/h3-10,21-22H,11-14H2,1-2H3/t21-,22-/m0/s1. The molecule has 1 aliphatic heterocycles. The molecule has 0 amide bonds. The van der Waals surface area contributed by atoms with E-state index < -0.39 is 24.5 Å². The van der Waals surface area contributed by atoms with Gasteiger partial charge in [-0.25, -0.2) is 0 Å². The van der Waals surface area contributed by atoms with Crippen molar-refractivity contribution in [2.75, 3.05) is 13.2 Å². The van der Waals surface area contributed by atoms with Crippen molar-refractivity contribution in [1.29, 1.82) is 0 Å². The molecule has 2 aromatic rings. The van der Waals surface area contributed by atoms with Crippen molar-refractivity contribution < 1.29 is 28.5 Å². The summed E-state index contributed by atoms with van der Waals surface area (Å²) in [6, 6.07) is 15.2. The van der Waals surface area contributed by atoms with Crippen LogP contribution < -0.4 is 0 Å². The molecule has 0 bridgehead atoms. The maximum Gasteiger partial charge on any atom is 0.312 e. The lowest BCUT2D eigenvalue weighted by Crippen LogP contribution is -2.44. The van der Waals surface area contributed by atoms with Gasteiger partial charge in [0, 0.05) is 0 Å². The topological polar surface area (TPSA) is 71.1 Å². The van der Waals surface area contributed by atoms with E-state index in [2.05, 4.69) is 0 Å². The minimum atomic E-state index is -1.08. The second-order valence-corrected chi connectivity index (χ2v) is 6.78. The first-order valence-corrected chi connectivity index (χ1v) is 9.23. The monoisotopic (exact) mass is 384 g/mol. The number of carbonyl (C=O) groups is 2. The highest BCUT2D eigenvalue weighted by atomic mass is 16.8. The summed E-state index contributed by atoms with van der Waals surface area (Å²) in [4.78, 5) is 24.4. The fourth-order valence-electron chi connectivity index (χ4n) is 2.75. The smallest absolute Gasteiger partial charge is 0.312 e. The molecule has 2 atom stereocenters. The van der Waals surface area contributed by atoms with Crippen LogP contribution in [0.25, 0.3) is 0 Å². The number of esters is 2. The van der Waals surface area contributed by atoms with Gasteiger partial charge in [-0.1, -0.05) is 59.7 Å². The summed E-state index contributed by atoms with van der Waals surface area (Å²) in [7, 11) is 0. The molecule has 1 aliphatic rings. The third-order valence-electron chi connectivity index (χ3n) is 4.30. The first kappa shape index (κ1) is 20.0. The molecule has 0 N–H and O–H groups in total. The molecule has 3 rings (SSSR count). The number of ether oxygens (including phenoxy) is 4. The molecule has 6 nitrogen and oxygen atoms in total. The zero-order valence-corrected chi connectivity index (χ0v) is 16.1. The zero-order valence-electron chi connectivity index (χ0n) is 16.1. The molecule has 0 radical (unpaired) electrons. The Balaban J connectivity index is 1.54. The molecule has 28 heavy (non-hydrogen) atoms. The third-order valence-corrected chi connectivity index (χ3v) is 4.30. The van der Waals surface area contributed by atoms with Gasteiger partial charge in [0.05, 0.1) is 26.1 Å². The molecule has 0 saturated carbocycles. The van der Waals surface area contributed by atoms with Gasteiger partial charge in [0.1, 0.15) is 0 Å². The lowest BCUT2D eigenvalue weighted by Gasteiger charge is -2.30. The Morgan fingerprint density at radius 1 is 0.750 bits per heavy atom. The van der Waals surface area contributed by atoms with E-state index in [1.165, 1.54) is 0 Å². The number of aryl methyl sites for hydroxylation is 2. The summed E-state index contributed by atoms with van der Waals surface area (Å²) in [5.41, 5.74) is 3.89. The molecule has 6 heteroatoms. The van der Waals surface area contributed by atoms with Crippen LogP contribution >= 0.6 is 0 Å². The van der Waals surface area contributed by atoms with Crippen molar-refractivity contribution in [3.8, 4) is 0 Å². The number of carbonyl (C=O) groups excluding carboxylic acids is 2. The first-order chi connectivity index (χ1) is 13.5. The highest BCUT2D eigenvalue weighted by molar-refractivity contribution is 5.73. The lowest BCUT2D eigenvalue weighted by atomic mass is 10.1. The second-order valence-electron chi connectivity index (χ2n) is 6.78. The van der Waals surface area contributed by atoms with Crippen LogP contribution in [0.1, 0.15) is 22.3 Å². The predicted octanol–water partition coefficient (Wildman–Crippen LogP) is 2.87. The van der Waals surface area contributed by atoms with Crippen molar-refractivity contribution in [3.63, 3.8) is 0 Å². The van der Waals surface area contributed by atoms with E-state index in [0.717, 1.165) is 22.3 Å². The molecule has 0 spiro atoms. The fourth-order valence-corrected chi connectivity index (χ4v) is 2.75. The van der Waals surface area contributed by atoms with Gasteiger partial charge < -0.3 is 18.9 Å². The summed E-state index contributed by atoms with van der Waals surface area (Å²) in [5.74, 6) is -0.946. The number of hydrogen-bond acceptors (Lipinski definition) is 6. The molecular formula is C22H24O6. The Morgan fingerprint density at radius 2 is 1.11 bits per heavy atom. The fraction of sp³-hybridized carbons (Fsp3) is 0.364. The molecule has 2 aromatic carbocycles. The van der Waals surface area contributed by atoms with Crippen molar-refractivity contribution in [1.82, 2.24) is 0 Å². The van der Waals surface area contributed by atoms with E-state index in [1.54, 1.807) is 0 Å². The molecule has 0 aromatic heterocycles. The zero-order chi connectivity index (χ0) is 19.9. The van der Waals surface area contributed by atoms with Gasteiger partial charge in [0.2, 0.25) is 0 Å². The van der Waals surface area contributed by atoms with Crippen LogP contribution in [0.15, 0.2) is 48.5 Å². The van der Waals surface area contributed by atoms with Gasteiger partial charge in [0.25, 0.3) is 12.6 Å². The summed E-state index contributed by atoms with van der Waals surface area (Å²) < 4.78 is 21.6. The van der Waals surface area contributed by atoms with Crippen LogP contribution in [0.2, 0.25) is 0 Å². The van der Waals surface area contributed by atoms with E-state index in [-0.39, 0.29) is 26.1 Å². The van der Waals surface area contributed by atoms with Crippen LogP contribution in [-0.4, -0.2) is 37.7 Å². The van der Waals surface area contributed by atoms with Crippen LogP contribution in [0.3, 0.4) is 0 Å². The normalized spacial score (nSPS) is 19.1. The summed E-state index contributed by atoms with van der Waals surface area (Å²) in [6.07, 6.45) is -1.95. The maximum absolute atomic E-state index is 12.2. The van der Waals surface area contributed by atoms with Crippen molar-refractivity contribution >= 4 is 11.9 Å². The lowest BCUT2D eigenvalue weighted by molar-refractivity contribution is -0.302. The predicted molar refractivity (Wildman–Crippen MR) is 101 cm³/mol. The van der Waals surface area contributed by atoms with Gasteiger partial charge in [-0.3, -0.25) is 9.59 Å². The highest BCUT2D eigenvalue weighted by Gasteiger charge is 2.33. The third kappa shape index (κ3) is 5.90. The molecule has 0 aliphatic carbocycles. The van der Waals surface area contributed by atoms with Gasteiger partial charge >= 0.3 is 11.9 Å². The summed E-state index contributed by atoms with van der Waals surface area (Å²) in [6.45, 7) is 4.47. The number of hydrogen-bond donors (Lipinski definition) is 0. The Bertz CT molecular complexity index is 727. The molecule has 0 unspecified atom stereocenters. The van der Waals surface area contributed by atoms with Crippen molar-refractivity contribution in [2.45, 2.75) is 39.3 Å². The SMILES string of the molecule is Cc1ccc(CC(=O)O[C@@H]2OCCO[C@H]2OC(=O)Cc2ccc(C)cc2)cc1. The second kappa shape index (κ2) is 9.48. The maximum atomic E-state index is 12.2. The van der Waals surface area contributed by atoms with Gasteiger partial charge in [-0.15, -0.1) is 0 Å². The number of rotatable bonds is 6. The summed E-state index contributed by atoms with van der Waals surface area (Å²) >= 11 is 0. The largest absolute Gasteiger partial charge is 0.428 e. The quantitative estimate of drug-likeness (QED) is 0.714. The Kier molecular flexibility index (Phi) is 6.79. The van der Waals surface area contributed by atoms with Crippen LogP contribution in [0, 0.1) is 13.8 Å².